The molecule has 5 aromatic rings. The number of hydrogen-bond donors (Lipinski definition) is 2. The smallest absolute Gasteiger partial charge is 0.237 e. The Bertz CT molecular complexity index is 1800. The van der Waals surface area contributed by atoms with Gasteiger partial charge in [-0.3, -0.25) is 9.78 Å². The highest BCUT2D eigenvalue weighted by atomic mass is 16.3. The highest BCUT2D eigenvalue weighted by molar-refractivity contribution is 6.06. The van der Waals surface area contributed by atoms with E-state index >= 15 is 0 Å². The number of aliphatic hydroxyl groups excluding tert-OH is 1. The number of hydrogen-bond acceptors (Lipinski definition) is 5. The van der Waals surface area contributed by atoms with Crippen LogP contribution in [-0.4, -0.2) is 27.0 Å². The second kappa shape index (κ2) is 8.73. The first kappa shape index (κ1) is 23.3. The molecule has 1 amide bonds. The number of nitrogens with zero attached hydrogens (tertiary/aromatic N) is 3. The molecular weight excluding hydrogens is 496 g/mol. The van der Waals surface area contributed by atoms with Gasteiger partial charge in [0.25, 0.3) is 0 Å². The summed E-state index contributed by atoms with van der Waals surface area (Å²) in [5.74, 6) is 0.717. The quantitative estimate of drug-likeness (QED) is 0.334. The van der Waals surface area contributed by atoms with Gasteiger partial charge < -0.3 is 15.3 Å². The van der Waals surface area contributed by atoms with Gasteiger partial charge in [0.05, 0.1) is 35.3 Å². The zero-order valence-corrected chi connectivity index (χ0v) is 21.9. The lowest BCUT2D eigenvalue weighted by Crippen LogP contribution is -2.36. The van der Waals surface area contributed by atoms with Crippen molar-refractivity contribution in [3.05, 3.63) is 131 Å². The standard InChI is InChI=1S/C34H28N4O2/c39-31(21-7-2-1-3-8-21)30-17-23-9-4-5-11-29(23)38(30)20-26-13-12-22-15-24-18-34(19-25(24)16-28(22)36-26)27-10-6-14-35-32(27)37-33(34)40/h1-16,30-31,39H,17-20H2,(H,35,37,40). The lowest BCUT2D eigenvalue weighted by atomic mass is 9.79. The summed E-state index contributed by atoms with van der Waals surface area (Å²) in [5, 5.41) is 15.5. The van der Waals surface area contributed by atoms with Crippen molar-refractivity contribution in [2.75, 3.05) is 10.2 Å². The van der Waals surface area contributed by atoms with Crippen LogP contribution in [0.2, 0.25) is 0 Å². The maximum atomic E-state index is 13.2. The number of pyridine rings is 2. The molecule has 1 aliphatic carbocycles. The topological polar surface area (TPSA) is 78.4 Å². The molecule has 3 unspecified atom stereocenters. The molecule has 8 rings (SSSR count). The number of nitrogens with one attached hydrogen (secondary N) is 1. The van der Waals surface area contributed by atoms with E-state index in [1.54, 1.807) is 6.20 Å². The fourth-order valence-corrected chi connectivity index (χ4v) is 7.03. The minimum absolute atomic E-state index is 0.0332. The van der Waals surface area contributed by atoms with Crippen molar-refractivity contribution in [3.8, 4) is 0 Å². The van der Waals surface area contributed by atoms with E-state index in [0.717, 1.165) is 39.8 Å². The van der Waals surface area contributed by atoms with Crippen molar-refractivity contribution in [2.45, 2.75) is 43.4 Å². The molecule has 0 saturated heterocycles. The average molecular weight is 525 g/mol. The van der Waals surface area contributed by atoms with Crippen LogP contribution in [0.5, 0.6) is 0 Å². The number of aliphatic hydroxyl groups is 1. The first-order chi connectivity index (χ1) is 19.6. The minimum atomic E-state index is -0.608. The second-order valence-electron chi connectivity index (χ2n) is 11.3. The van der Waals surface area contributed by atoms with Crippen LogP contribution in [0.25, 0.3) is 10.9 Å². The molecule has 40 heavy (non-hydrogen) atoms. The van der Waals surface area contributed by atoms with Gasteiger partial charge in [-0.25, -0.2) is 4.98 Å². The predicted molar refractivity (Wildman–Crippen MR) is 155 cm³/mol. The molecule has 3 atom stereocenters. The molecule has 0 radical (unpaired) electrons. The summed E-state index contributed by atoms with van der Waals surface area (Å²) in [6, 6.07) is 30.8. The van der Waals surface area contributed by atoms with Crippen molar-refractivity contribution >= 4 is 28.3 Å². The number of carbonyl (C=O) groups excluding carboxylic acids is 1. The summed E-state index contributed by atoms with van der Waals surface area (Å²) >= 11 is 0. The summed E-state index contributed by atoms with van der Waals surface area (Å²) in [6.07, 6.45) is 3.23. The molecule has 0 saturated carbocycles. The van der Waals surface area contributed by atoms with Crippen molar-refractivity contribution in [2.24, 2.45) is 0 Å². The van der Waals surface area contributed by atoms with Crippen molar-refractivity contribution in [1.82, 2.24) is 9.97 Å². The number of carbonyl (C=O) groups is 1. The molecule has 0 bridgehead atoms. The van der Waals surface area contributed by atoms with E-state index in [9.17, 15) is 9.90 Å². The zero-order chi connectivity index (χ0) is 26.8. The molecule has 0 fully saturated rings. The summed E-state index contributed by atoms with van der Waals surface area (Å²) in [4.78, 5) is 25.0. The normalized spacial score (nSPS) is 21.4. The van der Waals surface area contributed by atoms with Crippen molar-refractivity contribution < 1.29 is 9.90 Å². The fourth-order valence-electron chi connectivity index (χ4n) is 7.03. The summed E-state index contributed by atoms with van der Waals surface area (Å²) in [6.45, 7) is 0.601. The Hall–Kier alpha value is -4.55. The molecular formula is C34H28N4O2. The Kier molecular flexibility index (Phi) is 5.10. The van der Waals surface area contributed by atoms with Gasteiger partial charge in [-0.1, -0.05) is 60.7 Å². The third-order valence-electron chi connectivity index (χ3n) is 9.01. The van der Waals surface area contributed by atoms with E-state index in [1.807, 2.05) is 42.5 Å². The van der Waals surface area contributed by atoms with E-state index in [2.05, 4.69) is 63.7 Å². The third kappa shape index (κ3) is 3.49. The van der Waals surface area contributed by atoms with Crippen LogP contribution >= 0.6 is 0 Å². The largest absolute Gasteiger partial charge is 0.386 e. The number of aromatic nitrogens is 2. The van der Waals surface area contributed by atoms with Gasteiger partial charge >= 0.3 is 0 Å². The molecule has 1 spiro atoms. The van der Waals surface area contributed by atoms with E-state index < -0.39 is 11.5 Å². The molecule has 3 aromatic carbocycles. The van der Waals surface area contributed by atoms with Gasteiger partial charge in [0.1, 0.15) is 5.82 Å². The van der Waals surface area contributed by atoms with Crippen LogP contribution in [0.1, 0.15) is 39.6 Å². The Morgan fingerprint density at radius 3 is 2.60 bits per heavy atom. The van der Waals surface area contributed by atoms with Gasteiger partial charge in [0.2, 0.25) is 5.91 Å². The van der Waals surface area contributed by atoms with Crippen LogP contribution in [0.15, 0.2) is 97.2 Å². The molecule has 4 heterocycles. The fraction of sp³-hybridized carbons (Fsp3) is 0.206. The van der Waals surface area contributed by atoms with Crippen LogP contribution in [0.3, 0.4) is 0 Å². The number of benzene rings is 3. The summed E-state index contributed by atoms with van der Waals surface area (Å²) in [5.41, 5.74) is 7.99. The van der Waals surface area contributed by atoms with Crippen LogP contribution in [0.4, 0.5) is 11.5 Å². The van der Waals surface area contributed by atoms with E-state index in [1.165, 1.54) is 16.7 Å². The number of para-hydroxylation sites is 1. The van der Waals surface area contributed by atoms with Gasteiger partial charge in [-0.05, 0) is 71.8 Å². The van der Waals surface area contributed by atoms with E-state index in [4.69, 9.17) is 4.98 Å². The summed E-state index contributed by atoms with van der Waals surface area (Å²) in [7, 11) is 0. The lowest BCUT2D eigenvalue weighted by Gasteiger charge is -2.31. The van der Waals surface area contributed by atoms with Crippen LogP contribution in [0, 0.1) is 0 Å². The van der Waals surface area contributed by atoms with Gasteiger partial charge in [-0.2, -0.15) is 0 Å². The Morgan fingerprint density at radius 2 is 1.73 bits per heavy atom. The van der Waals surface area contributed by atoms with Gasteiger partial charge in [0, 0.05) is 22.8 Å². The highest BCUT2D eigenvalue weighted by Crippen LogP contribution is 2.47. The summed E-state index contributed by atoms with van der Waals surface area (Å²) < 4.78 is 0. The van der Waals surface area contributed by atoms with E-state index in [-0.39, 0.29) is 11.9 Å². The molecule has 3 aliphatic rings. The minimum Gasteiger partial charge on any atom is -0.386 e. The monoisotopic (exact) mass is 524 g/mol. The Morgan fingerprint density at radius 1 is 0.925 bits per heavy atom. The highest BCUT2D eigenvalue weighted by Gasteiger charge is 2.51. The molecule has 6 heteroatoms. The van der Waals surface area contributed by atoms with Gasteiger partial charge in [-0.15, -0.1) is 0 Å². The second-order valence-corrected chi connectivity index (χ2v) is 11.3. The Labute approximate surface area is 232 Å². The average Bonchev–Trinajstić information content (AvgIpc) is 3.63. The SMILES string of the molecule is O=C1Nc2ncccc2C12Cc1cc3ccc(CN4c5ccccc5CC4C(O)c4ccccc4)nc3cc1C2. The van der Waals surface area contributed by atoms with E-state index in [0.29, 0.717) is 25.2 Å². The number of anilines is 2. The number of amides is 1. The van der Waals surface area contributed by atoms with Gasteiger partial charge in [0.15, 0.2) is 0 Å². The number of rotatable bonds is 4. The Balaban J connectivity index is 1.13. The first-order valence-corrected chi connectivity index (χ1v) is 13.8. The maximum Gasteiger partial charge on any atom is 0.237 e. The van der Waals surface area contributed by atoms with Crippen molar-refractivity contribution in [3.63, 3.8) is 0 Å². The zero-order valence-electron chi connectivity index (χ0n) is 21.9. The number of fused-ring (bicyclic) bond motifs is 5. The molecule has 6 nitrogen and oxygen atoms in total. The molecule has 2 N–H and O–H groups in total. The lowest BCUT2D eigenvalue weighted by molar-refractivity contribution is -0.120. The van der Waals surface area contributed by atoms with Crippen LogP contribution in [-0.2, 0) is 36.0 Å². The predicted octanol–water partition coefficient (Wildman–Crippen LogP) is 5.28. The van der Waals surface area contributed by atoms with Crippen LogP contribution < -0.4 is 10.2 Å². The molecule has 2 aromatic heterocycles. The molecule has 2 aliphatic heterocycles. The van der Waals surface area contributed by atoms with Crippen molar-refractivity contribution in [1.29, 1.82) is 0 Å². The third-order valence-corrected chi connectivity index (χ3v) is 9.01. The molecule has 196 valence electrons. The maximum absolute atomic E-state index is 13.2. The first-order valence-electron chi connectivity index (χ1n) is 13.8.